The first-order valence-electron chi connectivity index (χ1n) is 8.28. The fourth-order valence-corrected chi connectivity index (χ4v) is 4.72. The molecule has 0 saturated carbocycles. The van der Waals surface area contributed by atoms with Gasteiger partial charge in [0.2, 0.25) is 0 Å². The lowest BCUT2D eigenvalue weighted by Crippen LogP contribution is -2.48. The summed E-state index contributed by atoms with van der Waals surface area (Å²) in [6.45, 7) is 3.56. The van der Waals surface area contributed by atoms with Gasteiger partial charge in [-0.2, -0.15) is 0 Å². The summed E-state index contributed by atoms with van der Waals surface area (Å²) in [5.74, 6) is -0.601. The molecule has 0 aromatic heterocycles. The van der Waals surface area contributed by atoms with E-state index in [1.807, 2.05) is 13.8 Å². The molecule has 138 valence electrons. The second-order valence-corrected chi connectivity index (χ2v) is 8.49. The fraction of sp³-hybridized carbons (Fsp3) is 0.529. The van der Waals surface area contributed by atoms with Crippen molar-refractivity contribution in [3.63, 3.8) is 0 Å². The zero-order chi connectivity index (χ0) is 18.6. The van der Waals surface area contributed by atoms with E-state index in [0.29, 0.717) is 12.8 Å². The molecule has 0 unspecified atom stereocenters. The van der Waals surface area contributed by atoms with Crippen molar-refractivity contribution in [1.82, 2.24) is 4.90 Å². The summed E-state index contributed by atoms with van der Waals surface area (Å²) < 4.78 is 29.0. The van der Waals surface area contributed by atoms with Gasteiger partial charge in [0.1, 0.15) is 5.75 Å². The third-order valence-corrected chi connectivity index (χ3v) is 6.21. The van der Waals surface area contributed by atoms with Crippen LogP contribution in [0.1, 0.15) is 37.0 Å². The Morgan fingerprint density at radius 2 is 2.04 bits per heavy atom. The number of nitrogens with zero attached hydrogens (tertiary/aromatic N) is 1. The normalized spacial score (nSPS) is 20.0. The zero-order valence-corrected chi connectivity index (χ0v) is 15.3. The highest BCUT2D eigenvalue weighted by molar-refractivity contribution is 7.91. The van der Waals surface area contributed by atoms with Crippen molar-refractivity contribution in [3.05, 3.63) is 29.8 Å². The van der Waals surface area contributed by atoms with Gasteiger partial charge in [-0.1, -0.05) is 19.1 Å². The van der Waals surface area contributed by atoms with Gasteiger partial charge in [0, 0.05) is 12.1 Å². The van der Waals surface area contributed by atoms with Gasteiger partial charge < -0.3 is 15.4 Å². The second-order valence-electron chi connectivity index (χ2n) is 6.26. The summed E-state index contributed by atoms with van der Waals surface area (Å²) in [5.41, 5.74) is 5.50. The topological polar surface area (TPSA) is 107 Å². The lowest BCUT2D eigenvalue weighted by Gasteiger charge is -2.33. The second kappa shape index (κ2) is 7.86. The molecule has 1 aromatic carbocycles. The van der Waals surface area contributed by atoms with Gasteiger partial charge >= 0.3 is 0 Å². The molecule has 8 heteroatoms. The standard InChI is InChI=1S/C17H24N2O5S/c1-3-12(2)19(13-8-9-25(22,23)11-13)16(20)10-24-15-7-5-4-6-14(15)17(18)21/h4-7,12-13H,3,8-11H2,1-2H3,(H2,18,21)/t12-,13+/m1/s1. The maximum atomic E-state index is 12.7. The molecule has 1 aromatic rings. The van der Waals surface area contributed by atoms with Crippen molar-refractivity contribution < 1.29 is 22.7 Å². The molecule has 1 aliphatic heterocycles. The quantitative estimate of drug-likeness (QED) is 0.772. The van der Waals surface area contributed by atoms with Crippen LogP contribution in [0.15, 0.2) is 24.3 Å². The van der Waals surface area contributed by atoms with Crippen molar-refractivity contribution in [3.8, 4) is 5.75 Å². The van der Waals surface area contributed by atoms with Crippen molar-refractivity contribution in [2.75, 3.05) is 18.1 Å². The Morgan fingerprint density at radius 1 is 1.36 bits per heavy atom. The third-order valence-electron chi connectivity index (χ3n) is 4.46. The first kappa shape index (κ1) is 19.2. The van der Waals surface area contributed by atoms with E-state index in [1.54, 1.807) is 23.1 Å². The van der Waals surface area contributed by atoms with Crippen molar-refractivity contribution >= 4 is 21.7 Å². The molecule has 0 bridgehead atoms. The van der Waals surface area contributed by atoms with E-state index in [1.165, 1.54) is 6.07 Å². The lowest BCUT2D eigenvalue weighted by atomic mass is 10.1. The molecule has 1 saturated heterocycles. The van der Waals surface area contributed by atoms with Crippen molar-refractivity contribution in [2.45, 2.75) is 38.8 Å². The highest BCUT2D eigenvalue weighted by Gasteiger charge is 2.36. The molecule has 2 N–H and O–H groups in total. The Morgan fingerprint density at radius 3 is 2.60 bits per heavy atom. The SMILES string of the molecule is CC[C@@H](C)N(C(=O)COc1ccccc1C(N)=O)[C@H]1CCS(=O)(=O)C1. The molecule has 1 fully saturated rings. The summed E-state index contributed by atoms with van der Waals surface area (Å²) in [5, 5.41) is 0. The van der Waals surface area contributed by atoms with E-state index in [0.717, 1.165) is 0 Å². The minimum atomic E-state index is -3.10. The molecule has 25 heavy (non-hydrogen) atoms. The average Bonchev–Trinajstić information content (AvgIpc) is 2.92. The van der Waals surface area contributed by atoms with Crippen molar-refractivity contribution in [2.24, 2.45) is 5.73 Å². The van der Waals surface area contributed by atoms with Gasteiger partial charge in [-0.25, -0.2) is 8.42 Å². The van der Waals surface area contributed by atoms with E-state index < -0.39 is 15.7 Å². The maximum Gasteiger partial charge on any atom is 0.261 e. The summed E-state index contributed by atoms with van der Waals surface area (Å²) in [6.07, 6.45) is 1.15. The predicted molar refractivity (Wildman–Crippen MR) is 94.1 cm³/mol. The van der Waals surface area contributed by atoms with Crippen LogP contribution in [0, 0.1) is 0 Å². The number of carbonyl (C=O) groups is 2. The number of para-hydroxylation sites is 1. The van der Waals surface area contributed by atoms with Gasteiger partial charge in [0.15, 0.2) is 16.4 Å². The number of primary amides is 1. The van der Waals surface area contributed by atoms with Crippen LogP contribution in [-0.2, 0) is 14.6 Å². The van der Waals surface area contributed by atoms with Gasteiger partial charge in [-0.3, -0.25) is 9.59 Å². The van der Waals surface area contributed by atoms with Crippen LogP contribution in [0.5, 0.6) is 5.75 Å². The Bertz CT molecular complexity index is 747. The maximum absolute atomic E-state index is 12.7. The lowest BCUT2D eigenvalue weighted by molar-refractivity contribution is -0.137. The molecule has 0 aliphatic carbocycles. The summed E-state index contributed by atoms with van der Waals surface area (Å²) in [7, 11) is -3.10. The number of ether oxygens (including phenoxy) is 1. The molecule has 2 amide bonds. The Hall–Kier alpha value is -2.09. The monoisotopic (exact) mass is 368 g/mol. The number of amides is 2. The predicted octanol–water partition coefficient (Wildman–Crippen LogP) is 0.979. The van der Waals surface area contributed by atoms with E-state index in [4.69, 9.17) is 10.5 Å². The molecular weight excluding hydrogens is 344 g/mol. The number of nitrogens with two attached hydrogens (primary N) is 1. The number of rotatable bonds is 7. The van der Waals surface area contributed by atoms with E-state index in [9.17, 15) is 18.0 Å². The molecule has 7 nitrogen and oxygen atoms in total. The van der Waals surface area contributed by atoms with E-state index >= 15 is 0 Å². The summed E-state index contributed by atoms with van der Waals surface area (Å²) >= 11 is 0. The Kier molecular flexibility index (Phi) is 6.05. The van der Waals surface area contributed by atoms with Crippen LogP contribution in [-0.4, -0.2) is 55.3 Å². The minimum absolute atomic E-state index is 0.0129. The number of hydrogen-bond donors (Lipinski definition) is 1. The van der Waals surface area contributed by atoms with Gasteiger partial charge in [-0.05, 0) is 31.9 Å². The van der Waals surface area contributed by atoms with Crippen LogP contribution in [0.4, 0.5) is 0 Å². The largest absolute Gasteiger partial charge is 0.483 e. The number of hydrogen-bond acceptors (Lipinski definition) is 5. The molecule has 2 atom stereocenters. The van der Waals surface area contributed by atoms with Crippen LogP contribution >= 0.6 is 0 Å². The molecule has 1 aliphatic rings. The van der Waals surface area contributed by atoms with Gasteiger partial charge in [0.05, 0.1) is 17.1 Å². The number of sulfone groups is 1. The molecule has 0 spiro atoms. The molecular formula is C17H24N2O5S. The number of carbonyl (C=O) groups excluding carboxylic acids is 2. The van der Waals surface area contributed by atoms with Gasteiger partial charge in [0.25, 0.3) is 11.8 Å². The third kappa shape index (κ3) is 4.72. The molecule has 0 radical (unpaired) electrons. The molecule has 1 heterocycles. The first-order valence-corrected chi connectivity index (χ1v) is 10.1. The fourth-order valence-electron chi connectivity index (χ4n) is 3.01. The van der Waals surface area contributed by atoms with Gasteiger partial charge in [-0.15, -0.1) is 0 Å². The van der Waals surface area contributed by atoms with E-state index in [-0.39, 0.29) is 47.4 Å². The van der Waals surface area contributed by atoms with Crippen LogP contribution in [0.2, 0.25) is 0 Å². The minimum Gasteiger partial charge on any atom is -0.483 e. The van der Waals surface area contributed by atoms with Crippen molar-refractivity contribution in [1.29, 1.82) is 0 Å². The van der Waals surface area contributed by atoms with Crippen LogP contribution < -0.4 is 10.5 Å². The summed E-state index contributed by atoms with van der Waals surface area (Å²) in [4.78, 5) is 25.7. The zero-order valence-electron chi connectivity index (χ0n) is 14.5. The first-order chi connectivity index (χ1) is 11.7. The highest BCUT2D eigenvalue weighted by atomic mass is 32.2. The average molecular weight is 368 g/mol. The Balaban J connectivity index is 2.12. The smallest absolute Gasteiger partial charge is 0.261 e. The van der Waals surface area contributed by atoms with Crippen LogP contribution in [0.25, 0.3) is 0 Å². The van der Waals surface area contributed by atoms with Crippen LogP contribution in [0.3, 0.4) is 0 Å². The van der Waals surface area contributed by atoms with E-state index in [2.05, 4.69) is 0 Å². The highest BCUT2D eigenvalue weighted by Crippen LogP contribution is 2.22. The Labute approximate surface area is 148 Å². The molecule has 2 rings (SSSR count). The number of benzene rings is 1. The summed E-state index contributed by atoms with van der Waals surface area (Å²) in [6, 6.07) is 6.01.